The van der Waals surface area contributed by atoms with E-state index in [-0.39, 0.29) is 22.0 Å². The second-order valence-corrected chi connectivity index (χ2v) is 6.51. The normalized spacial score (nSPS) is 11.4. The van der Waals surface area contributed by atoms with Gasteiger partial charge in [-0.25, -0.2) is 13.1 Å². The lowest BCUT2D eigenvalue weighted by Gasteiger charge is -2.08. The highest BCUT2D eigenvalue weighted by atomic mass is 32.2. The Labute approximate surface area is 119 Å². The van der Waals surface area contributed by atoms with E-state index in [9.17, 15) is 13.2 Å². The van der Waals surface area contributed by atoms with E-state index in [1.807, 2.05) is 0 Å². The van der Waals surface area contributed by atoms with Crippen molar-refractivity contribution in [2.45, 2.75) is 11.4 Å². The molecule has 0 aliphatic rings. The van der Waals surface area contributed by atoms with E-state index in [0.29, 0.717) is 11.4 Å². The second kappa shape index (κ2) is 5.65. The van der Waals surface area contributed by atoms with Gasteiger partial charge in [-0.2, -0.15) is 0 Å². The van der Waals surface area contributed by atoms with Crippen molar-refractivity contribution >= 4 is 27.0 Å². The highest BCUT2D eigenvalue weighted by Gasteiger charge is 2.15. The van der Waals surface area contributed by atoms with Gasteiger partial charge in [0, 0.05) is 11.1 Å². The van der Waals surface area contributed by atoms with Gasteiger partial charge in [0.2, 0.25) is 10.0 Å². The molecule has 0 amide bonds. The summed E-state index contributed by atoms with van der Waals surface area (Å²) in [4.78, 5) is 13.3. The molecule has 0 saturated heterocycles. The molecule has 1 aromatic heterocycles. The molecule has 9 heteroatoms. The Balaban J connectivity index is 2.17. The van der Waals surface area contributed by atoms with Gasteiger partial charge in [0.05, 0.1) is 24.2 Å². The molecule has 108 valence electrons. The maximum absolute atomic E-state index is 12.1. The van der Waals surface area contributed by atoms with Crippen LogP contribution in [0.15, 0.2) is 33.3 Å². The predicted molar refractivity (Wildman–Crippen MR) is 76.4 cm³/mol. The number of nitrogens with two attached hydrogens (primary N) is 1. The molecule has 4 N–H and O–H groups in total. The first-order chi connectivity index (χ1) is 9.42. The summed E-state index contributed by atoms with van der Waals surface area (Å²) in [5.41, 5.74) is 6.42. The lowest BCUT2D eigenvalue weighted by molar-refractivity contribution is 0.416. The summed E-state index contributed by atoms with van der Waals surface area (Å²) in [5.74, 6) is 0.408. The van der Waals surface area contributed by atoms with Crippen molar-refractivity contribution in [3.63, 3.8) is 0 Å². The first-order valence-corrected chi connectivity index (χ1v) is 7.88. The SMILES string of the molecule is COc1ccc(S(=O)(=O)NCc2csc(=O)[nH]2)cc1N. The Kier molecular flexibility index (Phi) is 4.12. The summed E-state index contributed by atoms with van der Waals surface area (Å²) in [6.45, 7) is 0.00695. The Bertz CT molecular complexity index is 764. The number of sulfonamides is 1. The van der Waals surface area contributed by atoms with E-state index >= 15 is 0 Å². The number of rotatable bonds is 5. The van der Waals surface area contributed by atoms with Gasteiger partial charge in [-0.3, -0.25) is 4.79 Å². The van der Waals surface area contributed by atoms with E-state index in [1.165, 1.54) is 25.3 Å². The van der Waals surface area contributed by atoms with Crippen molar-refractivity contribution < 1.29 is 13.2 Å². The summed E-state index contributed by atoms with van der Waals surface area (Å²) in [6, 6.07) is 4.20. The quantitative estimate of drug-likeness (QED) is 0.695. The fourth-order valence-electron chi connectivity index (χ4n) is 1.54. The van der Waals surface area contributed by atoms with Crippen LogP contribution >= 0.6 is 11.3 Å². The summed E-state index contributed by atoms with van der Waals surface area (Å²) < 4.78 is 31.5. The van der Waals surface area contributed by atoms with Gasteiger partial charge >= 0.3 is 4.87 Å². The number of methoxy groups -OCH3 is 1. The molecular formula is C11H13N3O4S2. The third kappa shape index (κ3) is 3.18. The molecule has 1 heterocycles. The van der Waals surface area contributed by atoms with Gasteiger partial charge in [-0.15, -0.1) is 0 Å². The molecule has 2 rings (SSSR count). The summed E-state index contributed by atoms with van der Waals surface area (Å²) >= 11 is 0.976. The molecule has 20 heavy (non-hydrogen) atoms. The number of ether oxygens (including phenoxy) is 1. The highest BCUT2D eigenvalue weighted by molar-refractivity contribution is 7.89. The first-order valence-electron chi connectivity index (χ1n) is 5.52. The molecule has 2 aromatic rings. The van der Waals surface area contributed by atoms with Crippen LogP contribution in [0.25, 0.3) is 0 Å². The molecule has 0 unspecified atom stereocenters. The van der Waals surface area contributed by atoms with Crippen molar-refractivity contribution in [2.75, 3.05) is 12.8 Å². The number of thiazole rings is 1. The minimum Gasteiger partial charge on any atom is -0.495 e. The molecule has 0 aliphatic carbocycles. The monoisotopic (exact) mass is 315 g/mol. The third-order valence-electron chi connectivity index (χ3n) is 2.53. The number of benzene rings is 1. The average molecular weight is 315 g/mol. The molecule has 0 atom stereocenters. The second-order valence-electron chi connectivity index (χ2n) is 3.90. The lowest BCUT2D eigenvalue weighted by Crippen LogP contribution is -2.23. The number of anilines is 1. The van der Waals surface area contributed by atoms with E-state index in [1.54, 1.807) is 5.38 Å². The molecule has 0 radical (unpaired) electrons. The van der Waals surface area contributed by atoms with Crippen molar-refractivity contribution in [1.29, 1.82) is 0 Å². The fourth-order valence-corrected chi connectivity index (χ4v) is 3.16. The first kappa shape index (κ1) is 14.6. The van der Waals surface area contributed by atoms with Gasteiger partial charge in [-0.05, 0) is 18.2 Å². The van der Waals surface area contributed by atoms with Crippen LogP contribution in [0.2, 0.25) is 0 Å². The van der Waals surface area contributed by atoms with Crippen LogP contribution in [0.1, 0.15) is 5.69 Å². The summed E-state index contributed by atoms with van der Waals surface area (Å²) in [5, 5.41) is 1.56. The van der Waals surface area contributed by atoms with Gasteiger partial charge in [0.25, 0.3) is 0 Å². The van der Waals surface area contributed by atoms with E-state index in [2.05, 4.69) is 9.71 Å². The number of nitrogen functional groups attached to an aromatic ring is 1. The van der Waals surface area contributed by atoms with Crippen molar-refractivity contribution in [2.24, 2.45) is 0 Å². The largest absolute Gasteiger partial charge is 0.495 e. The smallest absolute Gasteiger partial charge is 0.304 e. The van der Waals surface area contributed by atoms with Crippen LogP contribution in [-0.4, -0.2) is 20.5 Å². The number of hydrogen-bond donors (Lipinski definition) is 3. The molecule has 0 fully saturated rings. The zero-order valence-electron chi connectivity index (χ0n) is 10.5. The van der Waals surface area contributed by atoms with E-state index < -0.39 is 10.0 Å². The highest BCUT2D eigenvalue weighted by Crippen LogP contribution is 2.24. The molecule has 0 saturated carbocycles. The molecule has 0 spiro atoms. The van der Waals surface area contributed by atoms with Crippen LogP contribution in [0, 0.1) is 0 Å². The van der Waals surface area contributed by atoms with Gasteiger partial charge in [0.1, 0.15) is 5.75 Å². The van der Waals surface area contributed by atoms with Crippen LogP contribution in [0.5, 0.6) is 5.75 Å². The molecule has 0 aliphatic heterocycles. The molecule has 1 aromatic carbocycles. The number of aromatic amines is 1. The molecular weight excluding hydrogens is 302 g/mol. The Morgan fingerprint density at radius 1 is 1.45 bits per heavy atom. The number of nitrogens with one attached hydrogen (secondary N) is 2. The zero-order valence-corrected chi connectivity index (χ0v) is 12.2. The number of hydrogen-bond acceptors (Lipinski definition) is 6. The van der Waals surface area contributed by atoms with Crippen LogP contribution in [0.4, 0.5) is 5.69 Å². The minimum absolute atomic E-state index is 0.00695. The Hall–Kier alpha value is -1.84. The third-order valence-corrected chi connectivity index (χ3v) is 4.65. The maximum atomic E-state index is 12.1. The van der Waals surface area contributed by atoms with Crippen LogP contribution < -0.4 is 20.1 Å². The van der Waals surface area contributed by atoms with Crippen molar-refractivity contribution in [1.82, 2.24) is 9.71 Å². The zero-order chi connectivity index (χ0) is 14.8. The predicted octanol–water partition coefficient (Wildman–Crippen LogP) is 0.506. The standard InChI is InChI=1S/C11H13N3O4S2/c1-18-10-3-2-8(4-9(10)12)20(16,17)13-5-7-6-19-11(15)14-7/h2-4,6,13H,5,12H2,1H3,(H,14,15). The number of aromatic nitrogens is 1. The van der Waals surface area contributed by atoms with Gasteiger partial charge in [-0.1, -0.05) is 11.3 Å². The summed E-state index contributed by atoms with van der Waals surface area (Å²) in [7, 11) is -2.25. The fraction of sp³-hybridized carbons (Fsp3) is 0.182. The van der Waals surface area contributed by atoms with Crippen molar-refractivity contribution in [3.05, 3.63) is 38.9 Å². The van der Waals surface area contributed by atoms with E-state index in [0.717, 1.165) is 11.3 Å². The van der Waals surface area contributed by atoms with E-state index in [4.69, 9.17) is 10.5 Å². The molecule has 7 nitrogen and oxygen atoms in total. The Morgan fingerprint density at radius 2 is 2.20 bits per heavy atom. The maximum Gasteiger partial charge on any atom is 0.304 e. The van der Waals surface area contributed by atoms with Gasteiger partial charge < -0.3 is 15.5 Å². The van der Waals surface area contributed by atoms with Gasteiger partial charge in [0.15, 0.2) is 0 Å². The van der Waals surface area contributed by atoms with Crippen LogP contribution in [-0.2, 0) is 16.6 Å². The lowest BCUT2D eigenvalue weighted by atomic mass is 10.3. The number of H-pyrrole nitrogens is 1. The molecule has 0 bridgehead atoms. The Morgan fingerprint density at radius 3 is 2.75 bits per heavy atom. The topological polar surface area (TPSA) is 114 Å². The van der Waals surface area contributed by atoms with Crippen molar-refractivity contribution in [3.8, 4) is 5.75 Å². The van der Waals surface area contributed by atoms with Crippen LogP contribution in [0.3, 0.4) is 0 Å². The minimum atomic E-state index is -3.70. The average Bonchev–Trinajstić information content (AvgIpc) is 2.82. The summed E-state index contributed by atoms with van der Waals surface area (Å²) in [6.07, 6.45) is 0.